The second-order valence-corrected chi connectivity index (χ2v) is 6.33. The second kappa shape index (κ2) is 8.05. The van der Waals surface area contributed by atoms with E-state index in [1.807, 2.05) is 43.3 Å². The van der Waals surface area contributed by atoms with Gasteiger partial charge in [0.25, 0.3) is 11.5 Å². The van der Waals surface area contributed by atoms with Crippen molar-refractivity contribution >= 4 is 22.5 Å². The third-order valence-corrected chi connectivity index (χ3v) is 4.37. The predicted molar refractivity (Wildman–Crippen MR) is 105 cm³/mol. The summed E-state index contributed by atoms with van der Waals surface area (Å²) in [7, 11) is 3.05. The van der Waals surface area contributed by atoms with Crippen molar-refractivity contribution in [3.63, 3.8) is 0 Å². The Morgan fingerprint density at radius 2 is 1.81 bits per heavy atom. The molecule has 0 atom stereocenters. The average Bonchev–Trinajstić information content (AvgIpc) is 2.67. The van der Waals surface area contributed by atoms with Gasteiger partial charge in [0, 0.05) is 24.4 Å². The SMILES string of the molecule is COCC(=O)N(Cc1cc2ccc(OC)cc2[nH]c1=O)c1ccc(C)cc1. The van der Waals surface area contributed by atoms with E-state index in [2.05, 4.69) is 4.98 Å². The van der Waals surface area contributed by atoms with E-state index in [1.165, 1.54) is 7.11 Å². The number of carbonyl (C=O) groups is 1. The maximum Gasteiger partial charge on any atom is 0.253 e. The topological polar surface area (TPSA) is 71.6 Å². The van der Waals surface area contributed by atoms with Crippen molar-refractivity contribution in [2.45, 2.75) is 13.5 Å². The molecule has 2 aromatic carbocycles. The van der Waals surface area contributed by atoms with Crippen LogP contribution in [0.1, 0.15) is 11.1 Å². The smallest absolute Gasteiger partial charge is 0.253 e. The number of H-pyrrole nitrogens is 1. The van der Waals surface area contributed by atoms with Crippen molar-refractivity contribution in [3.05, 3.63) is 70.0 Å². The lowest BCUT2D eigenvalue weighted by molar-refractivity contribution is -0.122. The third kappa shape index (κ3) is 4.17. The van der Waals surface area contributed by atoms with Crippen LogP contribution in [0, 0.1) is 6.92 Å². The number of aromatic nitrogens is 1. The number of aromatic amines is 1. The number of nitrogens with zero attached hydrogens (tertiary/aromatic N) is 1. The van der Waals surface area contributed by atoms with Crippen LogP contribution in [0.4, 0.5) is 5.69 Å². The molecule has 1 aromatic heterocycles. The van der Waals surface area contributed by atoms with Gasteiger partial charge in [-0.2, -0.15) is 0 Å². The Hall–Kier alpha value is -3.12. The van der Waals surface area contributed by atoms with E-state index >= 15 is 0 Å². The molecule has 3 aromatic rings. The van der Waals surface area contributed by atoms with Gasteiger partial charge in [0.2, 0.25) is 0 Å². The van der Waals surface area contributed by atoms with Crippen LogP contribution in [0.2, 0.25) is 0 Å². The number of nitrogens with one attached hydrogen (secondary N) is 1. The van der Waals surface area contributed by atoms with Gasteiger partial charge in [0.1, 0.15) is 12.4 Å². The Labute approximate surface area is 157 Å². The Balaban J connectivity index is 1.99. The van der Waals surface area contributed by atoms with E-state index in [1.54, 1.807) is 24.1 Å². The molecule has 0 aliphatic rings. The number of hydrogen-bond acceptors (Lipinski definition) is 4. The fourth-order valence-electron chi connectivity index (χ4n) is 2.89. The zero-order valence-corrected chi connectivity index (χ0v) is 15.6. The van der Waals surface area contributed by atoms with Gasteiger partial charge < -0.3 is 19.4 Å². The zero-order chi connectivity index (χ0) is 19.4. The molecule has 1 N–H and O–H groups in total. The van der Waals surface area contributed by atoms with Crippen LogP contribution < -0.4 is 15.2 Å². The van der Waals surface area contributed by atoms with Crippen molar-refractivity contribution in [1.82, 2.24) is 4.98 Å². The summed E-state index contributed by atoms with van der Waals surface area (Å²) in [6.07, 6.45) is 0. The number of methoxy groups -OCH3 is 2. The van der Waals surface area contributed by atoms with Crippen molar-refractivity contribution in [1.29, 1.82) is 0 Å². The van der Waals surface area contributed by atoms with Crippen LogP contribution in [0.5, 0.6) is 5.75 Å². The minimum atomic E-state index is -0.238. The van der Waals surface area contributed by atoms with E-state index < -0.39 is 0 Å². The largest absolute Gasteiger partial charge is 0.497 e. The number of hydrogen-bond donors (Lipinski definition) is 1. The van der Waals surface area contributed by atoms with Gasteiger partial charge in [-0.3, -0.25) is 9.59 Å². The van der Waals surface area contributed by atoms with E-state index in [0.717, 1.165) is 16.6 Å². The first-order valence-corrected chi connectivity index (χ1v) is 8.57. The summed E-state index contributed by atoms with van der Waals surface area (Å²) in [4.78, 5) is 29.6. The highest BCUT2D eigenvalue weighted by Gasteiger charge is 2.18. The van der Waals surface area contributed by atoms with Gasteiger partial charge >= 0.3 is 0 Å². The van der Waals surface area contributed by atoms with Crippen molar-refractivity contribution in [2.24, 2.45) is 0 Å². The number of carbonyl (C=O) groups excluding carboxylic acids is 1. The van der Waals surface area contributed by atoms with Crippen LogP contribution in [0.25, 0.3) is 10.9 Å². The van der Waals surface area contributed by atoms with E-state index in [0.29, 0.717) is 16.8 Å². The standard InChI is InChI=1S/C21H22N2O4/c1-14-4-7-17(8-5-14)23(20(24)13-26-2)12-16-10-15-6-9-18(27-3)11-19(15)22-21(16)25/h4-11H,12-13H2,1-3H3,(H,22,25). The van der Waals surface area contributed by atoms with Crippen LogP contribution in [-0.2, 0) is 16.1 Å². The lowest BCUT2D eigenvalue weighted by Crippen LogP contribution is -2.35. The van der Waals surface area contributed by atoms with Gasteiger partial charge in [-0.1, -0.05) is 17.7 Å². The Kier molecular flexibility index (Phi) is 5.57. The van der Waals surface area contributed by atoms with Crippen LogP contribution in [0.3, 0.4) is 0 Å². The molecule has 0 bridgehead atoms. The molecule has 3 rings (SSSR count). The average molecular weight is 366 g/mol. The van der Waals surface area contributed by atoms with Gasteiger partial charge in [0.05, 0.1) is 19.2 Å². The number of aryl methyl sites for hydroxylation is 1. The lowest BCUT2D eigenvalue weighted by atomic mass is 10.1. The minimum absolute atomic E-state index is 0.0590. The normalized spacial score (nSPS) is 10.8. The van der Waals surface area contributed by atoms with Gasteiger partial charge in [0.15, 0.2) is 0 Å². The second-order valence-electron chi connectivity index (χ2n) is 6.33. The highest BCUT2D eigenvalue weighted by Crippen LogP contribution is 2.21. The highest BCUT2D eigenvalue weighted by atomic mass is 16.5. The lowest BCUT2D eigenvalue weighted by Gasteiger charge is -2.22. The third-order valence-electron chi connectivity index (χ3n) is 4.37. The van der Waals surface area contributed by atoms with Crippen molar-refractivity contribution in [2.75, 3.05) is 25.7 Å². The number of benzene rings is 2. The van der Waals surface area contributed by atoms with Crippen molar-refractivity contribution < 1.29 is 14.3 Å². The number of pyridine rings is 1. The highest BCUT2D eigenvalue weighted by molar-refractivity contribution is 5.94. The van der Waals surface area contributed by atoms with E-state index in [4.69, 9.17) is 9.47 Å². The molecule has 0 radical (unpaired) electrons. The van der Waals surface area contributed by atoms with E-state index in [-0.39, 0.29) is 24.6 Å². The Morgan fingerprint density at radius 1 is 1.07 bits per heavy atom. The number of amides is 1. The first kappa shape index (κ1) is 18.7. The quantitative estimate of drug-likeness (QED) is 0.728. The van der Waals surface area contributed by atoms with Crippen molar-refractivity contribution in [3.8, 4) is 5.75 Å². The molecule has 1 amide bonds. The molecule has 0 spiro atoms. The summed E-state index contributed by atoms with van der Waals surface area (Å²) in [6, 6.07) is 14.9. The summed E-state index contributed by atoms with van der Waals surface area (Å²) in [6.45, 7) is 2.08. The maximum atomic E-state index is 12.6. The van der Waals surface area contributed by atoms with Crippen LogP contribution in [-0.4, -0.2) is 31.7 Å². The number of ether oxygens (including phenoxy) is 2. The zero-order valence-electron chi connectivity index (χ0n) is 15.6. The van der Waals surface area contributed by atoms with Gasteiger partial charge in [-0.25, -0.2) is 0 Å². The first-order valence-electron chi connectivity index (χ1n) is 8.57. The molecule has 6 heteroatoms. The Bertz CT molecular complexity index is 1010. The minimum Gasteiger partial charge on any atom is -0.497 e. The molecule has 0 aliphatic heterocycles. The first-order chi connectivity index (χ1) is 13.0. The summed E-state index contributed by atoms with van der Waals surface area (Å²) in [5.74, 6) is 0.457. The van der Waals surface area contributed by atoms with E-state index in [9.17, 15) is 9.59 Å². The summed E-state index contributed by atoms with van der Waals surface area (Å²) in [5.41, 5.74) is 2.76. The summed E-state index contributed by atoms with van der Waals surface area (Å²) >= 11 is 0. The molecule has 140 valence electrons. The predicted octanol–water partition coefficient (Wildman–Crippen LogP) is 3.02. The van der Waals surface area contributed by atoms with Crippen LogP contribution in [0.15, 0.2) is 53.3 Å². The fourth-order valence-corrected chi connectivity index (χ4v) is 2.89. The number of anilines is 1. The van der Waals surface area contributed by atoms with Crippen LogP contribution >= 0.6 is 0 Å². The molecular weight excluding hydrogens is 344 g/mol. The molecule has 6 nitrogen and oxygen atoms in total. The number of fused-ring (bicyclic) bond motifs is 1. The molecule has 0 unspecified atom stereocenters. The molecule has 0 fully saturated rings. The molecule has 0 aliphatic carbocycles. The summed E-state index contributed by atoms with van der Waals surface area (Å²) in [5, 5.41) is 0.869. The van der Waals surface area contributed by atoms with Gasteiger partial charge in [-0.15, -0.1) is 0 Å². The molecule has 1 heterocycles. The van der Waals surface area contributed by atoms with Gasteiger partial charge in [-0.05, 0) is 42.6 Å². The number of rotatable bonds is 6. The molecule has 27 heavy (non-hydrogen) atoms. The molecule has 0 saturated carbocycles. The Morgan fingerprint density at radius 3 is 2.48 bits per heavy atom. The molecular formula is C21H22N2O4. The fraction of sp³-hybridized carbons (Fsp3) is 0.238. The molecule has 0 saturated heterocycles. The summed E-state index contributed by atoms with van der Waals surface area (Å²) < 4.78 is 10.2. The maximum absolute atomic E-state index is 12.6. The monoisotopic (exact) mass is 366 g/mol.